The van der Waals surface area contributed by atoms with Gasteiger partial charge in [-0.05, 0) is 48.2 Å². The van der Waals surface area contributed by atoms with E-state index in [4.69, 9.17) is 0 Å². The molecule has 0 aromatic heterocycles. The Bertz CT molecular complexity index is 788. The normalized spacial score (nSPS) is 14.8. The van der Waals surface area contributed by atoms with E-state index in [-0.39, 0.29) is 12.2 Å². The molecule has 124 valence electrons. The third kappa shape index (κ3) is 3.68. The van der Waals surface area contributed by atoms with E-state index in [1.54, 1.807) is 18.2 Å². The molecule has 3 rings (SSSR count). The Morgan fingerprint density at radius 3 is 2.83 bits per heavy atom. The third-order valence-corrected chi connectivity index (χ3v) is 4.16. The highest BCUT2D eigenvalue weighted by molar-refractivity contribution is 6.00. The lowest BCUT2D eigenvalue weighted by Crippen LogP contribution is -2.17. The number of aliphatic hydroxyl groups excluding tert-OH is 1. The van der Waals surface area contributed by atoms with Gasteiger partial charge in [-0.1, -0.05) is 18.2 Å². The predicted molar refractivity (Wildman–Crippen MR) is 88.3 cm³/mol. The standard InChI is InChI=1S/C19H18FNO3/c20-14-5-1-4-13(9-14)18(23)11-19(24)21-15-8-7-12-3-2-6-17(22)16(12)10-15/h1,4-5,7-10,18,23H,2-3,6,11H2,(H,21,24). The summed E-state index contributed by atoms with van der Waals surface area (Å²) in [7, 11) is 0. The molecule has 1 unspecified atom stereocenters. The van der Waals surface area contributed by atoms with E-state index >= 15 is 0 Å². The molecule has 0 saturated carbocycles. The summed E-state index contributed by atoms with van der Waals surface area (Å²) in [6.45, 7) is 0. The molecule has 0 bridgehead atoms. The molecule has 4 nitrogen and oxygen atoms in total. The predicted octanol–water partition coefficient (Wildman–Crippen LogP) is 3.41. The van der Waals surface area contributed by atoms with Crippen LogP contribution >= 0.6 is 0 Å². The maximum Gasteiger partial charge on any atom is 0.227 e. The molecule has 0 fully saturated rings. The van der Waals surface area contributed by atoms with Gasteiger partial charge in [0.2, 0.25) is 5.91 Å². The van der Waals surface area contributed by atoms with Crippen LogP contribution in [0.15, 0.2) is 42.5 Å². The summed E-state index contributed by atoms with van der Waals surface area (Å²) in [5, 5.41) is 12.7. The van der Waals surface area contributed by atoms with Crippen LogP contribution in [0.25, 0.3) is 0 Å². The lowest BCUT2D eigenvalue weighted by molar-refractivity contribution is -0.118. The Morgan fingerprint density at radius 2 is 2.04 bits per heavy atom. The average Bonchev–Trinajstić information content (AvgIpc) is 2.55. The molecule has 2 aromatic rings. The van der Waals surface area contributed by atoms with Gasteiger partial charge in [0.1, 0.15) is 5.82 Å². The molecule has 0 spiro atoms. The van der Waals surface area contributed by atoms with E-state index in [0.29, 0.717) is 23.2 Å². The first-order valence-corrected chi connectivity index (χ1v) is 7.92. The van der Waals surface area contributed by atoms with Crippen LogP contribution in [0.3, 0.4) is 0 Å². The minimum atomic E-state index is -1.08. The second-order valence-corrected chi connectivity index (χ2v) is 5.97. The maximum absolute atomic E-state index is 13.2. The van der Waals surface area contributed by atoms with E-state index in [0.717, 1.165) is 18.4 Å². The molecule has 0 saturated heterocycles. The number of nitrogens with one attached hydrogen (secondary N) is 1. The second kappa shape index (κ2) is 6.93. The fourth-order valence-corrected chi connectivity index (χ4v) is 2.93. The molecule has 2 aromatic carbocycles. The van der Waals surface area contributed by atoms with E-state index in [1.807, 2.05) is 6.07 Å². The van der Waals surface area contributed by atoms with Crippen molar-refractivity contribution in [1.82, 2.24) is 0 Å². The smallest absolute Gasteiger partial charge is 0.227 e. The first-order valence-electron chi connectivity index (χ1n) is 7.92. The van der Waals surface area contributed by atoms with Crippen LogP contribution in [0.4, 0.5) is 10.1 Å². The Kier molecular flexibility index (Phi) is 4.71. The van der Waals surface area contributed by atoms with Crippen molar-refractivity contribution in [3.05, 3.63) is 65.0 Å². The summed E-state index contributed by atoms with van der Waals surface area (Å²) in [6, 6.07) is 10.8. The van der Waals surface area contributed by atoms with E-state index in [1.165, 1.54) is 18.2 Å². The fraction of sp³-hybridized carbons (Fsp3) is 0.263. The number of fused-ring (bicyclic) bond motifs is 1. The third-order valence-electron chi connectivity index (χ3n) is 4.16. The number of ketones is 1. The van der Waals surface area contributed by atoms with E-state index < -0.39 is 17.8 Å². The molecule has 1 atom stereocenters. The number of Topliss-reactive ketones (excluding diaryl/α,β-unsaturated/α-hetero) is 1. The van der Waals surface area contributed by atoms with Gasteiger partial charge < -0.3 is 10.4 Å². The van der Waals surface area contributed by atoms with Gasteiger partial charge in [0.25, 0.3) is 0 Å². The van der Waals surface area contributed by atoms with Gasteiger partial charge in [0.05, 0.1) is 12.5 Å². The summed E-state index contributed by atoms with van der Waals surface area (Å²) in [5.74, 6) is -0.762. The van der Waals surface area contributed by atoms with Crippen LogP contribution in [0.5, 0.6) is 0 Å². The fourth-order valence-electron chi connectivity index (χ4n) is 2.93. The van der Waals surface area contributed by atoms with Crippen molar-refractivity contribution < 1.29 is 19.1 Å². The van der Waals surface area contributed by atoms with Crippen LogP contribution in [-0.4, -0.2) is 16.8 Å². The first kappa shape index (κ1) is 16.3. The van der Waals surface area contributed by atoms with Gasteiger partial charge in [0, 0.05) is 17.7 Å². The summed E-state index contributed by atoms with van der Waals surface area (Å²) in [6.07, 6.45) is 0.988. The number of carbonyl (C=O) groups excluding carboxylic acids is 2. The molecule has 1 amide bonds. The number of hydrogen-bond acceptors (Lipinski definition) is 3. The van der Waals surface area contributed by atoms with Crippen molar-refractivity contribution in [1.29, 1.82) is 0 Å². The monoisotopic (exact) mass is 327 g/mol. The summed E-state index contributed by atoms with van der Waals surface area (Å²) in [4.78, 5) is 24.0. The topological polar surface area (TPSA) is 66.4 Å². The van der Waals surface area contributed by atoms with Crippen molar-refractivity contribution in [2.24, 2.45) is 0 Å². The number of hydrogen-bond donors (Lipinski definition) is 2. The Balaban J connectivity index is 1.67. The molecule has 0 aliphatic heterocycles. The molecular weight excluding hydrogens is 309 g/mol. The quantitative estimate of drug-likeness (QED) is 0.904. The molecule has 0 heterocycles. The summed E-state index contributed by atoms with van der Waals surface area (Å²) < 4.78 is 13.2. The number of anilines is 1. The lowest BCUT2D eigenvalue weighted by atomic mass is 9.90. The van der Waals surface area contributed by atoms with Crippen molar-refractivity contribution in [3.8, 4) is 0 Å². The van der Waals surface area contributed by atoms with Gasteiger partial charge in [-0.3, -0.25) is 9.59 Å². The minimum absolute atomic E-state index is 0.0899. The van der Waals surface area contributed by atoms with Crippen LogP contribution in [0, 0.1) is 5.82 Å². The van der Waals surface area contributed by atoms with Crippen LogP contribution in [0.1, 0.15) is 46.9 Å². The molecule has 1 aliphatic carbocycles. The number of halogens is 1. The van der Waals surface area contributed by atoms with Crippen LogP contribution in [-0.2, 0) is 11.2 Å². The zero-order valence-electron chi connectivity index (χ0n) is 13.1. The van der Waals surface area contributed by atoms with Crippen molar-refractivity contribution in [2.45, 2.75) is 31.8 Å². The number of benzene rings is 2. The highest BCUT2D eigenvalue weighted by Gasteiger charge is 2.18. The van der Waals surface area contributed by atoms with Crippen LogP contribution in [0.2, 0.25) is 0 Å². The van der Waals surface area contributed by atoms with E-state index in [9.17, 15) is 19.1 Å². The number of aliphatic hydroxyl groups is 1. The second-order valence-electron chi connectivity index (χ2n) is 5.97. The van der Waals surface area contributed by atoms with Gasteiger partial charge in [-0.25, -0.2) is 4.39 Å². The Labute approximate surface area is 139 Å². The minimum Gasteiger partial charge on any atom is -0.388 e. The Hall–Kier alpha value is -2.53. The van der Waals surface area contributed by atoms with Gasteiger partial charge in [-0.15, -0.1) is 0 Å². The number of rotatable bonds is 4. The van der Waals surface area contributed by atoms with Crippen molar-refractivity contribution in [3.63, 3.8) is 0 Å². The molecule has 5 heteroatoms. The molecule has 2 N–H and O–H groups in total. The lowest BCUT2D eigenvalue weighted by Gasteiger charge is -2.16. The SMILES string of the molecule is O=C(CC(O)c1cccc(F)c1)Nc1ccc2c(c1)C(=O)CCC2. The number of aryl methyl sites for hydroxylation is 1. The summed E-state index contributed by atoms with van der Waals surface area (Å²) in [5.41, 5.74) is 2.54. The van der Waals surface area contributed by atoms with Crippen molar-refractivity contribution in [2.75, 3.05) is 5.32 Å². The van der Waals surface area contributed by atoms with E-state index in [2.05, 4.69) is 5.32 Å². The molecule has 1 aliphatic rings. The largest absolute Gasteiger partial charge is 0.388 e. The molecule has 24 heavy (non-hydrogen) atoms. The summed E-state index contributed by atoms with van der Waals surface area (Å²) >= 11 is 0. The zero-order chi connectivity index (χ0) is 17.1. The van der Waals surface area contributed by atoms with Crippen molar-refractivity contribution >= 4 is 17.4 Å². The highest BCUT2D eigenvalue weighted by Crippen LogP contribution is 2.25. The number of carbonyl (C=O) groups is 2. The first-order chi connectivity index (χ1) is 11.5. The molecule has 0 radical (unpaired) electrons. The highest BCUT2D eigenvalue weighted by atomic mass is 19.1. The van der Waals surface area contributed by atoms with Gasteiger partial charge in [0.15, 0.2) is 5.78 Å². The molecular formula is C19H18FNO3. The zero-order valence-corrected chi connectivity index (χ0v) is 13.1. The Morgan fingerprint density at radius 1 is 1.21 bits per heavy atom. The average molecular weight is 327 g/mol. The van der Waals surface area contributed by atoms with Gasteiger partial charge >= 0.3 is 0 Å². The maximum atomic E-state index is 13.2. The van der Waals surface area contributed by atoms with Gasteiger partial charge in [-0.2, -0.15) is 0 Å². The van der Waals surface area contributed by atoms with Crippen LogP contribution < -0.4 is 5.32 Å². The number of amides is 1.